The molecule has 0 aromatic rings. The van der Waals surface area contributed by atoms with Crippen LogP contribution < -0.4 is 5.73 Å². The molecule has 2 atom stereocenters. The fraction of sp³-hybridized carbons (Fsp3) is 0.500. The zero-order chi connectivity index (χ0) is 16.6. The van der Waals surface area contributed by atoms with Crippen LogP contribution in [0.25, 0.3) is 0 Å². The van der Waals surface area contributed by atoms with Crippen molar-refractivity contribution in [1.82, 2.24) is 4.90 Å². The number of nitrogens with zero attached hydrogens (tertiary/aromatic N) is 2. The number of ether oxygens (including phenoxy) is 1. The Kier molecular flexibility index (Phi) is 8.29. The van der Waals surface area contributed by atoms with Crippen LogP contribution in [0.1, 0.15) is 26.2 Å². The smallest absolute Gasteiger partial charge is 0.308 e. The lowest BCUT2D eigenvalue weighted by molar-refractivity contribution is -0.136. The highest BCUT2D eigenvalue weighted by Crippen LogP contribution is 2.20. The molecule has 0 aliphatic rings. The molecule has 0 saturated carbocycles. The number of likely N-dealkylation sites (N-methyl/N-ethyl adjacent to an activating group) is 1. The highest BCUT2D eigenvalue weighted by atomic mass is 16.5. The van der Waals surface area contributed by atoms with Gasteiger partial charge in [0.05, 0.1) is 6.07 Å². The molecule has 0 aliphatic carbocycles. The van der Waals surface area contributed by atoms with Crippen molar-refractivity contribution in [3.8, 4) is 6.07 Å². The van der Waals surface area contributed by atoms with E-state index in [1.165, 1.54) is 6.92 Å². The number of hydrogen-bond donors (Lipinski definition) is 1. The number of hydrogen-bond acceptors (Lipinski definition) is 5. The SMILES string of the molecule is C=C(CCC(=C)C(=C)OC(C)=O)C[C@@H]([C@@H](N)C#N)N(C)C. The van der Waals surface area contributed by atoms with E-state index in [9.17, 15) is 4.79 Å². The van der Waals surface area contributed by atoms with E-state index < -0.39 is 12.0 Å². The van der Waals surface area contributed by atoms with Gasteiger partial charge in [-0.15, -0.1) is 0 Å². The van der Waals surface area contributed by atoms with Gasteiger partial charge in [0.25, 0.3) is 0 Å². The Labute approximate surface area is 127 Å². The second-order valence-corrected chi connectivity index (χ2v) is 5.26. The maximum Gasteiger partial charge on any atom is 0.308 e. The largest absolute Gasteiger partial charge is 0.427 e. The van der Waals surface area contributed by atoms with Crippen LogP contribution in [0.4, 0.5) is 0 Å². The molecule has 0 amide bonds. The third-order valence-electron chi connectivity index (χ3n) is 3.17. The van der Waals surface area contributed by atoms with E-state index in [2.05, 4.69) is 25.8 Å². The standard InChI is InChI=1S/C16H25N3O2/c1-11(9-16(19(5)6)15(18)10-17)7-8-12(2)13(3)21-14(4)20/h15-16H,1-3,7-9,18H2,4-6H3/t15-,16-/m0/s1. The molecule has 0 rings (SSSR count). The van der Waals surface area contributed by atoms with Gasteiger partial charge in [-0.1, -0.05) is 25.3 Å². The second kappa shape index (κ2) is 9.11. The first-order chi connectivity index (χ1) is 9.68. The molecule has 0 unspecified atom stereocenters. The fourth-order valence-electron chi connectivity index (χ4n) is 1.83. The molecule has 0 aliphatic heterocycles. The molecule has 0 bridgehead atoms. The summed E-state index contributed by atoms with van der Waals surface area (Å²) >= 11 is 0. The first-order valence-electron chi connectivity index (χ1n) is 6.72. The van der Waals surface area contributed by atoms with Crippen molar-refractivity contribution in [2.75, 3.05) is 14.1 Å². The van der Waals surface area contributed by atoms with E-state index in [4.69, 9.17) is 15.7 Å². The Hall–Kier alpha value is -1.90. The number of esters is 1. The topological polar surface area (TPSA) is 79.3 Å². The van der Waals surface area contributed by atoms with Gasteiger partial charge in [-0.3, -0.25) is 4.79 Å². The van der Waals surface area contributed by atoms with E-state index in [1.54, 1.807) is 0 Å². The number of allylic oxidation sites excluding steroid dienone is 1. The molecule has 0 heterocycles. The predicted molar refractivity (Wildman–Crippen MR) is 84.1 cm³/mol. The summed E-state index contributed by atoms with van der Waals surface area (Å²) in [7, 11) is 3.77. The van der Waals surface area contributed by atoms with Gasteiger partial charge < -0.3 is 15.4 Å². The first-order valence-corrected chi connectivity index (χ1v) is 6.72. The number of rotatable bonds is 9. The number of nitriles is 1. The molecule has 21 heavy (non-hydrogen) atoms. The Bertz CT molecular complexity index is 461. The summed E-state index contributed by atoms with van der Waals surface area (Å²) < 4.78 is 4.89. The Morgan fingerprint density at radius 1 is 1.33 bits per heavy atom. The number of carbonyl (C=O) groups excluding carboxylic acids is 1. The summed E-state index contributed by atoms with van der Waals surface area (Å²) in [5, 5.41) is 8.94. The van der Waals surface area contributed by atoms with Gasteiger partial charge in [-0.2, -0.15) is 5.26 Å². The maximum absolute atomic E-state index is 10.8. The van der Waals surface area contributed by atoms with E-state index in [0.29, 0.717) is 24.8 Å². The molecule has 5 heteroatoms. The Morgan fingerprint density at radius 2 is 1.90 bits per heavy atom. The van der Waals surface area contributed by atoms with E-state index >= 15 is 0 Å². The zero-order valence-corrected chi connectivity index (χ0v) is 13.2. The molecule has 2 N–H and O–H groups in total. The summed E-state index contributed by atoms with van der Waals surface area (Å²) in [4.78, 5) is 12.8. The van der Waals surface area contributed by atoms with Gasteiger partial charge in [0.1, 0.15) is 11.8 Å². The van der Waals surface area contributed by atoms with Crippen molar-refractivity contribution in [2.24, 2.45) is 5.73 Å². The fourth-order valence-corrected chi connectivity index (χ4v) is 1.83. The molecular formula is C16H25N3O2. The van der Waals surface area contributed by atoms with Crippen molar-refractivity contribution in [2.45, 2.75) is 38.3 Å². The van der Waals surface area contributed by atoms with E-state index in [1.807, 2.05) is 19.0 Å². The van der Waals surface area contributed by atoms with Crippen LogP contribution in [-0.2, 0) is 9.53 Å². The lowest BCUT2D eigenvalue weighted by atomic mass is 9.96. The summed E-state index contributed by atoms with van der Waals surface area (Å²) in [6.07, 6.45) is 1.92. The summed E-state index contributed by atoms with van der Waals surface area (Å²) in [6.45, 7) is 12.8. The molecule has 0 spiro atoms. The predicted octanol–water partition coefficient (Wildman–Crippen LogP) is 2.13. The van der Waals surface area contributed by atoms with Gasteiger partial charge >= 0.3 is 5.97 Å². The van der Waals surface area contributed by atoms with Crippen molar-refractivity contribution < 1.29 is 9.53 Å². The quantitative estimate of drug-likeness (QED) is 0.305. The molecule has 0 aromatic heterocycles. The Morgan fingerprint density at radius 3 is 2.33 bits per heavy atom. The minimum atomic E-state index is -0.559. The number of nitrogens with two attached hydrogens (primary N) is 1. The highest BCUT2D eigenvalue weighted by Gasteiger charge is 2.20. The molecule has 0 fully saturated rings. The summed E-state index contributed by atoms with van der Waals surface area (Å²) in [5.41, 5.74) is 7.43. The number of carbonyl (C=O) groups is 1. The second-order valence-electron chi connectivity index (χ2n) is 5.26. The first kappa shape index (κ1) is 19.1. The Balaban J connectivity index is 4.38. The average Bonchev–Trinajstić information content (AvgIpc) is 2.39. The van der Waals surface area contributed by atoms with Gasteiger partial charge in [0, 0.05) is 13.0 Å². The summed E-state index contributed by atoms with van der Waals surface area (Å²) in [5.74, 6) is -0.124. The van der Waals surface area contributed by atoms with Crippen LogP contribution in [0.2, 0.25) is 0 Å². The van der Waals surface area contributed by atoms with Crippen LogP contribution in [0.15, 0.2) is 36.6 Å². The van der Waals surface area contributed by atoms with Crippen molar-refractivity contribution in [1.29, 1.82) is 5.26 Å². The van der Waals surface area contributed by atoms with Gasteiger partial charge in [-0.25, -0.2) is 0 Å². The normalized spacial score (nSPS) is 13.1. The summed E-state index contributed by atoms with van der Waals surface area (Å²) in [6, 6.07) is 1.43. The van der Waals surface area contributed by atoms with Gasteiger partial charge in [-0.05, 0) is 38.9 Å². The van der Waals surface area contributed by atoms with Crippen LogP contribution in [0.3, 0.4) is 0 Å². The monoisotopic (exact) mass is 291 g/mol. The lowest BCUT2D eigenvalue weighted by Gasteiger charge is -2.27. The van der Waals surface area contributed by atoms with E-state index in [-0.39, 0.29) is 11.8 Å². The molecular weight excluding hydrogens is 266 g/mol. The molecule has 5 nitrogen and oxygen atoms in total. The van der Waals surface area contributed by atoms with Crippen molar-refractivity contribution in [3.05, 3.63) is 36.6 Å². The highest BCUT2D eigenvalue weighted by molar-refractivity contribution is 5.67. The van der Waals surface area contributed by atoms with Crippen LogP contribution in [0, 0.1) is 11.3 Å². The molecule has 0 aromatic carbocycles. The van der Waals surface area contributed by atoms with E-state index in [0.717, 1.165) is 5.57 Å². The van der Waals surface area contributed by atoms with Crippen LogP contribution in [0.5, 0.6) is 0 Å². The average molecular weight is 291 g/mol. The van der Waals surface area contributed by atoms with Gasteiger partial charge in [0.2, 0.25) is 0 Å². The lowest BCUT2D eigenvalue weighted by Crippen LogP contribution is -2.43. The zero-order valence-electron chi connectivity index (χ0n) is 13.2. The van der Waals surface area contributed by atoms with Gasteiger partial charge in [0.15, 0.2) is 0 Å². The molecule has 0 radical (unpaired) electrons. The van der Waals surface area contributed by atoms with Crippen molar-refractivity contribution >= 4 is 5.97 Å². The van der Waals surface area contributed by atoms with Crippen molar-refractivity contribution in [3.63, 3.8) is 0 Å². The minimum Gasteiger partial charge on any atom is -0.427 e. The van der Waals surface area contributed by atoms with Crippen LogP contribution >= 0.6 is 0 Å². The minimum absolute atomic E-state index is 0.0764. The van der Waals surface area contributed by atoms with Crippen LogP contribution in [-0.4, -0.2) is 37.0 Å². The maximum atomic E-state index is 10.8. The molecule has 116 valence electrons. The third-order valence-corrected chi connectivity index (χ3v) is 3.17. The molecule has 0 saturated heterocycles. The third kappa shape index (κ3) is 7.45.